The molecule has 5 nitrogen and oxygen atoms in total. The van der Waals surface area contributed by atoms with Crippen LogP contribution < -0.4 is 10.2 Å². The Kier molecular flexibility index (Phi) is 5.79. The van der Waals surface area contributed by atoms with Crippen LogP contribution in [0.1, 0.15) is 13.8 Å². The summed E-state index contributed by atoms with van der Waals surface area (Å²) in [6.45, 7) is 5.76. The zero-order valence-corrected chi connectivity index (χ0v) is 14.3. The fourth-order valence-electron chi connectivity index (χ4n) is 2.23. The first-order valence-corrected chi connectivity index (χ1v) is 8.57. The zero-order chi connectivity index (χ0) is 16.1. The van der Waals surface area contributed by atoms with Gasteiger partial charge in [0.15, 0.2) is 0 Å². The van der Waals surface area contributed by atoms with E-state index in [2.05, 4.69) is 5.32 Å². The van der Waals surface area contributed by atoms with Crippen molar-refractivity contribution in [3.05, 3.63) is 24.3 Å². The summed E-state index contributed by atoms with van der Waals surface area (Å²) in [6.07, 6.45) is 0. The van der Waals surface area contributed by atoms with Gasteiger partial charge in [-0.05, 0) is 26.0 Å². The first kappa shape index (κ1) is 16.8. The molecule has 1 heterocycles. The normalized spacial score (nSPS) is 13.4. The van der Waals surface area contributed by atoms with Crippen LogP contribution in [0.15, 0.2) is 24.3 Å². The van der Waals surface area contributed by atoms with Crippen LogP contribution in [0.5, 0.6) is 0 Å². The van der Waals surface area contributed by atoms with Crippen molar-refractivity contribution in [1.82, 2.24) is 4.90 Å². The number of nitrogens with one attached hydrogen (secondary N) is 1. The molecule has 1 aliphatic heterocycles. The Bertz CT molecular complexity index is 588. The van der Waals surface area contributed by atoms with Crippen LogP contribution in [0, 0.1) is 0 Å². The molecule has 1 aromatic rings. The molecule has 0 unspecified atom stereocenters. The third-order valence-corrected chi connectivity index (χ3v) is 4.92. The van der Waals surface area contributed by atoms with E-state index in [1.165, 1.54) is 16.7 Å². The number of hydrogen-bond donors (Lipinski definition) is 1. The lowest BCUT2D eigenvalue weighted by Crippen LogP contribution is -2.43. The molecule has 0 aromatic heterocycles. The number of carbonyl (C=O) groups is 2. The van der Waals surface area contributed by atoms with E-state index in [1.54, 1.807) is 6.07 Å². The third kappa shape index (κ3) is 3.78. The fraction of sp³-hybridized carbons (Fsp3) is 0.400. The van der Waals surface area contributed by atoms with Gasteiger partial charge in [-0.15, -0.1) is 0 Å². The quantitative estimate of drug-likeness (QED) is 0.855. The summed E-state index contributed by atoms with van der Waals surface area (Å²) in [5.74, 6) is -0.0538. The van der Waals surface area contributed by atoms with Crippen molar-refractivity contribution in [2.75, 3.05) is 35.6 Å². The maximum Gasteiger partial charge on any atom is 0.244 e. The summed E-state index contributed by atoms with van der Waals surface area (Å²) in [7, 11) is 0. The molecule has 7 heteroatoms. The Morgan fingerprint density at radius 3 is 2.73 bits per heavy atom. The summed E-state index contributed by atoms with van der Waals surface area (Å²) in [5.41, 5.74) is 1.41. The standard InChI is InChI=1S/C15H19N3O2S2/c1-3-17(4-2)15(21)22-10-14(20)18-9-13(19)16-11-7-5-6-8-12(11)18/h5-8H,3-4,9-10H2,1-2H3,(H,16,19). The number of thioether (sulfide) groups is 1. The minimum atomic E-state index is -0.177. The Labute approximate surface area is 140 Å². The van der Waals surface area contributed by atoms with Crippen LogP contribution in [0.3, 0.4) is 0 Å². The van der Waals surface area contributed by atoms with Gasteiger partial charge in [-0.3, -0.25) is 9.59 Å². The predicted octanol–water partition coefficient (Wildman–Crippen LogP) is 2.33. The van der Waals surface area contributed by atoms with Gasteiger partial charge in [-0.2, -0.15) is 0 Å². The third-order valence-electron chi connectivity index (χ3n) is 3.41. The van der Waals surface area contributed by atoms with Gasteiger partial charge in [0.25, 0.3) is 0 Å². The van der Waals surface area contributed by atoms with Crippen molar-refractivity contribution in [2.24, 2.45) is 0 Å². The molecule has 22 heavy (non-hydrogen) atoms. The van der Waals surface area contributed by atoms with Gasteiger partial charge < -0.3 is 15.1 Å². The molecule has 0 aliphatic carbocycles. The number of amides is 2. The summed E-state index contributed by atoms with van der Waals surface area (Å²) in [5, 5.41) is 2.77. The minimum absolute atomic E-state index is 0.0500. The van der Waals surface area contributed by atoms with Crippen molar-refractivity contribution in [1.29, 1.82) is 0 Å². The first-order valence-electron chi connectivity index (χ1n) is 7.17. The fourth-order valence-corrected chi connectivity index (χ4v) is 3.51. The summed E-state index contributed by atoms with van der Waals surface area (Å²) in [4.78, 5) is 27.7. The van der Waals surface area contributed by atoms with Gasteiger partial charge in [0.1, 0.15) is 10.9 Å². The van der Waals surface area contributed by atoms with E-state index in [-0.39, 0.29) is 24.1 Å². The largest absolute Gasteiger partial charge is 0.358 e. The number of hydrogen-bond acceptors (Lipinski definition) is 4. The number of para-hydroxylation sites is 2. The second kappa shape index (κ2) is 7.60. The van der Waals surface area contributed by atoms with E-state index in [0.717, 1.165) is 18.8 Å². The van der Waals surface area contributed by atoms with Crippen molar-refractivity contribution in [3.63, 3.8) is 0 Å². The molecule has 1 aliphatic rings. The van der Waals surface area contributed by atoms with Gasteiger partial charge in [-0.25, -0.2) is 0 Å². The Balaban J connectivity index is 2.04. The smallest absolute Gasteiger partial charge is 0.244 e. The highest BCUT2D eigenvalue weighted by Gasteiger charge is 2.26. The summed E-state index contributed by atoms with van der Waals surface area (Å²) < 4.78 is 0.716. The highest BCUT2D eigenvalue weighted by atomic mass is 32.2. The number of benzene rings is 1. The number of fused-ring (bicyclic) bond motifs is 1. The van der Waals surface area contributed by atoms with Gasteiger partial charge in [0, 0.05) is 13.1 Å². The molecule has 0 saturated heterocycles. The van der Waals surface area contributed by atoms with Gasteiger partial charge in [0.05, 0.1) is 17.1 Å². The predicted molar refractivity (Wildman–Crippen MR) is 95.4 cm³/mol. The molecule has 118 valence electrons. The molecule has 1 N–H and O–H groups in total. The molecule has 2 rings (SSSR count). The van der Waals surface area contributed by atoms with E-state index < -0.39 is 0 Å². The average Bonchev–Trinajstić information content (AvgIpc) is 2.52. The molecular weight excluding hydrogens is 318 g/mol. The van der Waals surface area contributed by atoms with Gasteiger partial charge >= 0.3 is 0 Å². The number of nitrogens with zero attached hydrogens (tertiary/aromatic N) is 2. The molecule has 0 radical (unpaired) electrons. The Morgan fingerprint density at radius 2 is 2.05 bits per heavy atom. The topological polar surface area (TPSA) is 52.7 Å². The molecule has 0 saturated carbocycles. The number of thiocarbonyl (C=S) groups is 1. The maximum atomic E-state index is 12.5. The zero-order valence-electron chi connectivity index (χ0n) is 12.7. The molecule has 0 atom stereocenters. The van der Waals surface area contributed by atoms with Crippen LogP contribution in [-0.2, 0) is 9.59 Å². The van der Waals surface area contributed by atoms with Crippen molar-refractivity contribution in [2.45, 2.75) is 13.8 Å². The van der Waals surface area contributed by atoms with E-state index in [9.17, 15) is 9.59 Å². The van der Waals surface area contributed by atoms with Crippen LogP contribution in [-0.4, -0.2) is 46.4 Å². The second-order valence-electron chi connectivity index (χ2n) is 4.77. The van der Waals surface area contributed by atoms with Crippen molar-refractivity contribution >= 4 is 51.5 Å². The van der Waals surface area contributed by atoms with E-state index >= 15 is 0 Å². The summed E-state index contributed by atoms with van der Waals surface area (Å²) >= 11 is 6.68. The van der Waals surface area contributed by atoms with Crippen molar-refractivity contribution < 1.29 is 9.59 Å². The van der Waals surface area contributed by atoms with Crippen LogP contribution in [0.2, 0.25) is 0 Å². The lowest BCUT2D eigenvalue weighted by atomic mass is 10.2. The van der Waals surface area contributed by atoms with E-state index in [0.29, 0.717) is 10.0 Å². The number of rotatable bonds is 4. The number of carbonyl (C=O) groups excluding carboxylic acids is 2. The van der Waals surface area contributed by atoms with Crippen LogP contribution in [0.4, 0.5) is 11.4 Å². The molecule has 0 bridgehead atoms. The van der Waals surface area contributed by atoms with Crippen molar-refractivity contribution in [3.8, 4) is 0 Å². The monoisotopic (exact) mass is 337 g/mol. The van der Waals surface area contributed by atoms with E-state index in [4.69, 9.17) is 12.2 Å². The number of anilines is 2. The Hall–Kier alpha value is -1.60. The average molecular weight is 337 g/mol. The lowest BCUT2D eigenvalue weighted by Gasteiger charge is -2.29. The van der Waals surface area contributed by atoms with Gasteiger partial charge in [0.2, 0.25) is 11.8 Å². The van der Waals surface area contributed by atoms with Gasteiger partial charge in [-0.1, -0.05) is 36.1 Å². The molecule has 2 amide bonds. The highest BCUT2D eigenvalue weighted by molar-refractivity contribution is 8.23. The second-order valence-corrected chi connectivity index (χ2v) is 6.38. The lowest BCUT2D eigenvalue weighted by molar-refractivity contribution is -0.120. The van der Waals surface area contributed by atoms with Crippen LogP contribution in [0.25, 0.3) is 0 Å². The maximum absolute atomic E-state index is 12.5. The Morgan fingerprint density at radius 1 is 1.36 bits per heavy atom. The molecule has 0 fully saturated rings. The van der Waals surface area contributed by atoms with E-state index in [1.807, 2.05) is 36.9 Å². The highest BCUT2D eigenvalue weighted by Crippen LogP contribution is 2.29. The SMILES string of the molecule is CCN(CC)C(=S)SCC(=O)N1CC(=O)Nc2ccccc21. The minimum Gasteiger partial charge on any atom is -0.358 e. The first-order chi connectivity index (χ1) is 10.6. The summed E-state index contributed by atoms with van der Waals surface area (Å²) in [6, 6.07) is 7.31. The molecular formula is C15H19N3O2S2. The van der Waals surface area contributed by atoms with Crippen LogP contribution >= 0.6 is 24.0 Å². The molecule has 0 spiro atoms. The molecule has 1 aromatic carbocycles.